The zero-order valence-corrected chi connectivity index (χ0v) is 17.8. The van der Waals surface area contributed by atoms with Crippen molar-refractivity contribution in [2.45, 2.75) is 38.7 Å². The fraction of sp³-hybridized carbons (Fsp3) is 0.364. The largest absolute Gasteiger partial charge is 0.438 e. The summed E-state index contributed by atoms with van der Waals surface area (Å²) in [7, 11) is 0. The van der Waals surface area contributed by atoms with Crippen LogP contribution in [0.4, 0.5) is 0 Å². The summed E-state index contributed by atoms with van der Waals surface area (Å²) in [5.74, 6) is 0.813. The number of nitrogens with one attached hydrogen (secondary N) is 1. The van der Waals surface area contributed by atoms with Crippen molar-refractivity contribution in [2.24, 2.45) is 5.92 Å². The summed E-state index contributed by atoms with van der Waals surface area (Å²) < 4.78 is 14.3. The quantitative estimate of drug-likeness (QED) is 0.578. The molecule has 1 aliphatic rings. The molecule has 8 heteroatoms. The lowest BCUT2D eigenvalue weighted by Gasteiger charge is -2.32. The number of fused-ring (bicyclic) bond motifs is 1. The topological polar surface area (TPSA) is 97.2 Å². The minimum Gasteiger partial charge on any atom is -0.438 e. The van der Waals surface area contributed by atoms with E-state index in [-0.39, 0.29) is 17.7 Å². The molecular formula is C22H24N4O3S. The van der Waals surface area contributed by atoms with Gasteiger partial charge in [0.15, 0.2) is 0 Å². The lowest BCUT2D eigenvalue weighted by atomic mass is 9.79. The van der Waals surface area contributed by atoms with E-state index in [0.717, 1.165) is 42.0 Å². The Labute approximate surface area is 179 Å². The summed E-state index contributed by atoms with van der Waals surface area (Å²) in [6, 6.07) is 8.80. The van der Waals surface area contributed by atoms with Gasteiger partial charge in [0.05, 0.1) is 17.3 Å². The number of carbonyl (C=O) groups excluding carboxylic acids is 1. The molecule has 1 atom stereocenters. The van der Waals surface area contributed by atoms with E-state index in [0.29, 0.717) is 17.9 Å². The van der Waals surface area contributed by atoms with Crippen LogP contribution in [-0.2, 0) is 0 Å². The zero-order valence-electron chi connectivity index (χ0n) is 17.0. The van der Waals surface area contributed by atoms with E-state index >= 15 is 0 Å². The van der Waals surface area contributed by atoms with Crippen LogP contribution < -0.4 is 10.1 Å². The molecule has 0 saturated heterocycles. The molecule has 1 aromatic carbocycles. The highest BCUT2D eigenvalue weighted by Crippen LogP contribution is 2.31. The minimum atomic E-state index is -0.676. The SMILES string of the molecule is CC(C)(O)[C@H]1CC=C(CNC(=O)c2cccnc2Oc2ccc3nsnc3c2)CC1. The van der Waals surface area contributed by atoms with Crippen LogP contribution in [0.3, 0.4) is 0 Å². The highest BCUT2D eigenvalue weighted by Gasteiger charge is 2.28. The van der Waals surface area contributed by atoms with E-state index in [1.54, 1.807) is 30.5 Å². The van der Waals surface area contributed by atoms with Crippen molar-refractivity contribution >= 4 is 28.7 Å². The Balaban J connectivity index is 1.42. The van der Waals surface area contributed by atoms with Crippen LogP contribution >= 0.6 is 11.7 Å². The molecule has 2 N–H and O–H groups in total. The first kappa shape index (κ1) is 20.4. The number of aliphatic hydroxyl groups is 1. The van der Waals surface area contributed by atoms with Crippen LogP contribution in [0.5, 0.6) is 11.6 Å². The van der Waals surface area contributed by atoms with Crippen LogP contribution in [0.15, 0.2) is 48.2 Å². The van der Waals surface area contributed by atoms with Gasteiger partial charge in [-0.2, -0.15) is 8.75 Å². The second-order valence-corrected chi connectivity index (χ2v) is 8.57. The minimum absolute atomic E-state index is 0.236. The van der Waals surface area contributed by atoms with Gasteiger partial charge in [-0.1, -0.05) is 11.6 Å². The van der Waals surface area contributed by atoms with Gasteiger partial charge in [-0.25, -0.2) is 4.98 Å². The molecule has 1 aliphatic carbocycles. The highest BCUT2D eigenvalue weighted by molar-refractivity contribution is 7.00. The fourth-order valence-corrected chi connectivity index (χ4v) is 4.08. The molecule has 156 valence electrons. The Hall–Kier alpha value is -2.84. The van der Waals surface area contributed by atoms with Crippen molar-refractivity contribution in [3.8, 4) is 11.6 Å². The van der Waals surface area contributed by atoms with Gasteiger partial charge in [-0.15, -0.1) is 0 Å². The van der Waals surface area contributed by atoms with Crippen molar-refractivity contribution < 1.29 is 14.6 Å². The van der Waals surface area contributed by atoms with Gasteiger partial charge in [0.2, 0.25) is 5.88 Å². The highest BCUT2D eigenvalue weighted by atomic mass is 32.1. The first-order valence-corrected chi connectivity index (χ1v) is 10.7. The van der Waals surface area contributed by atoms with E-state index in [9.17, 15) is 9.90 Å². The molecule has 1 amide bonds. The molecule has 3 aromatic rings. The maximum atomic E-state index is 12.8. The second kappa shape index (κ2) is 8.49. The van der Waals surface area contributed by atoms with Crippen molar-refractivity contribution in [3.63, 3.8) is 0 Å². The first-order chi connectivity index (χ1) is 14.4. The van der Waals surface area contributed by atoms with Gasteiger partial charge in [-0.3, -0.25) is 4.79 Å². The van der Waals surface area contributed by atoms with Crippen LogP contribution in [0.25, 0.3) is 11.0 Å². The average molecular weight is 425 g/mol. The fourth-order valence-electron chi connectivity index (χ4n) is 3.56. The summed E-state index contributed by atoms with van der Waals surface area (Å²) in [4.78, 5) is 17.0. The molecule has 0 radical (unpaired) electrons. The molecule has 0 spiro atoms. The molecule has 2 heterocycles. The Morgan fingerprint density at radius 1 is 1.30 bits per heavy atom. The van der Waals surface area contributed by atoms with E-state index < -0.39 is 5.60 Å². The number of hydrogen-bond acceptors (Lipinski definition) is 7. The number of carbonyl (C=O) groups is 1. The number of benzene rings is 1. The second-order valence-electron chi connectivity index (χ2n) is 8.04. The van der Waals surface area contributed by atoms with Crippen LogP contribution in [0.1, 0.15) is 43.5 Å². The lowest BCUT2D eigenvalue weighted by molar-refractivity contribution is 0.0125. The monoisotopic (exact) mass is 424 g/mol. The van der Waals surface area contributed by atoms with Crippen LogP contribution in [0.2, 0.25) is 0 Å². The maximum absolute atomic E-state index is 12.8. The van der Waals surface area contributed by atoms with Crippen molar-refractivity contribution in [1.29, 1.82) is 0 Å². The zero-order chi connectivity index (χ0) is 21.1. The molecule has 0 bridgehead atoms. The smallest absolute Gasteiger partial charge is 0.257 e. The standard InChI is InChI=1S/C22H24N4O3S/c1-22(2,28)15-7-5-14(6-8-15)13-24-20(27)17-4-3-11-23-21(17)29-16-9-10-18-19(12-16)26-30-25-18/h3-5,9-12,15,28H,6-8,13H2,1-2H3,(H,24,27)/t15-/m0/s1. The summed E-state index contributed by atoms with van der Waals surface area (Å²) in [5.41, 5.74) is 2.42. The molecule has 0 unspecified atom stereocenters. The molecule has 0 saturated carbocycles. The normalized spacial score (nSPS) is 16.9. The third kappa shape index (κ3) is 4.66. The summed E-state index contributed by atoms with van der Waals surface area (Å²) >= 11 is 1.14. The van der Waals surface area contributed by atoms with E-state index in [1.165, 1.54) is 5.57 Å². The van der Waals surface area contributed by atoms with Crippen molar-refractivity contribution in [3.05, 3.63) is 53.7 Å². The third-order valence-corrected chi connectivity index (χ3v) is 5.99. The molecule has 4 rings (SSSR count). The maximum Gasteiger partial charge on any atom is 0.257 e. The molecule has 0 aliphatic heterocycles. The molecular weight excluding hydrogens is 400 g/mol. The van der Waals surface area contributed by atoms with Gasteiger partial charge in [0.25, 0.3) is 5.91 Å². The number of nitrogens with zero attached hydrogens (tertiary/aromatic N) is 3. The van der Waals surface area contributed by atoms with Gasteiger partial charge in [-0.05, 0) is 63.3 Å². The number of rotatable bonds is 6. The number of amides is 1. The Morgan fingerprint density at radius 3 is 2.90 bits per heavy atom. The predicted octanol–water partition coefficient (Wildman–Crippen LogP) is 4.11. The summed E-state index contributed by atoms with van der Waals surface area (Å²) in [5, 5.41) is 13.1. The van der Waals surface area contributed by atoms with Crippen molar-refractivity contribution in [2.75, 3.05) is 6.54 Å². The van der Waals surface area contributed by atoms with Gasteiger partial charge < -0.3 is 15.2 Å². The Kier molecular flexibility index (Phi) is 5.78. The van der Waals surface area contributed by atoms with Crippen LogP contribution in [0, 0.1) is 5.92 Å². The molecule has 7 nitrogen and oxygen atoms in total. The first-order valence-electron chi connectivity index (χ1n) is 9.94. The van der Waals surface area contributed by atoms with Gasteiger partial charge in [0, 0.05) is 18.8 Å². The summed E-state index contributed by atoms with van der Waals surface area (Å²) in [6.45, 7) is 4.18. The predicted molar refractivity (Wildman–Crippen MR) is 116 cm³/mol. The Morgan fingerprint density at radius 2 is 2.13 bits per heavy atom. The van der Waals surface area contributed by atoms with E-state index in [1.807, 2.05) is 19.9 Å². The number of hydrogen-bond donors (Lipinski definition) is 2. The molecule has 0 fully saturated rings. The number of ether oxygens (including phenoxy) is 1. The molecule has 2 aromatic heterocycles. The van der Waals surface area contributed by atoms with Crippen molar-refractivity contribution in [1.82, 2.24) is 19.0 Å². The summed E-state index contributed by atoms with van der Waals surface area (Å²) in [6.07, 6.45) is 6.33. The van der Waals surface area contributed by atoms with Gasteiger partial charge >= 0.3 is 0 Å². The third-order valence-electron chi connectivity index (χ3n) is 5.44. The van der Waals surface area contributed by atoms with Crippen LogP contribution in [-0.4, -0.2) is 36.9 Å². The number of aromatic nitrogens is 3. The number of pyridine rings is 1. The number of allylic oxidation sites excluding steroid dienone is 1. The average Bonchev–Trinajstić information content (AvgIpc) is 3.20. The van der Waals surface area contributed by atoms with E-state index in [4.69, 9.17) is 4.74 Å². The molecule has 30 heavy (non-hydrogen) atoms. The Bertz CT molecular complexity index is 1090. The van der Waals surface area contributed by atoms with E-state index in [2.05, 4.69) is 25.1 Å². The lowest BCUT2D eigenvalue weighted by Crippen LogP contribution is -2.33. The van der Waals surface area contributed by atoms with Gasteiger partial charge in [0.1, 0.15) is 22.3 Å².